The minimum Gasteiger partial charge on any atom is -0.399 e. The van der Waals surface area contributed by atoms with Crippen LogP contribution in [0.25, 0.3) is 0 Å². The molecular formula is C28H25N5O. The number of anilines is 4. The molecule has 0 fully saturated rings. The number of nitrogens with two attached hydrogens (primary N) is 1. The molecule has 0 aliphatic carbocycles. The van der Waals surface area contributed by atoms with E-state index in [1.807, 2.05) is 67.6 Å². The average molecular weight is 448 g/mol. The van der Waals surface area contributed by atoms with Gasteiger partial charge in [-0.15, -0.1) is 0 Å². The molecule has 34 heavy (non-hydrogen) atoms. The van der Waals surface area contributed by atoms with Gasteiger partial charge < -0.3 is 21.7 Å². The molecule has 1 atom stereocenters. The Morgan fingerprint density at radius 3 is 2.44 bits per heavy atom. The van der Waals surface area contributed by atoms with Crippen LogP contribution in [-0.2, 0) is 0 Å². The van der Waals surface area contributed by atoms with Gasteiger partial charge in [-0.25, -0.2) is 4.99 Å². The molecule has 4 aromatic carbocycles. The summed E-state index contributed by atoms with van der Waals surface area (Å²) >= 11 is 0. The summed E-state index contributed by atoms with van der Waals surface area (Å²) in [5.74, 6) is 0.464. The molecule has 6 nitrogen and oxygen atoms in total. The number of aliphatic imine (C=N–C) groups is 1. The van der Waals surface area contributed by atoms with E-state index in [9.17, 15) is 4.79 Å². The average Bonchev–Trinajstić information content (AvgIpc) is 2.87. The molecule has 0 aromatic heterocycles. The van der Waals surface area contributed by atoms with Crippen LogP contribution in [0.1, 0.15) is 33.1 Å². The highest BCUT2D eigenvalue weighted by atomic mass is 16.1. The summed E-state index contributed by atoms with van der Waals surface area (Å²) < 4.78 is 0. The van der Waals surface area contributed by atoms with Crippen LogP contribution in [0.15, 0.2) is 102 Å². The fourth-order valence-corrected chi connectivity index (χ4v) is 3.97. The number of para-hydroxylation sites is 1. The first-order chi connectivity index (χ1) is 16.6. The molecule has 1 aliphatic rings. The van der Waals surface area contributed by atoms with Crippen molar-refractivity contribution < 1.29 is 4.79 Å². The summed E-state index contributed by atoms with van der Waals surface area (Å²) in [4.78, 5) is 17.6. The van der Waals surface area contributed by atoms with Crippen molar-refractivity contribution in [1.29, 1.82) is 0 Å². The molecule has 168 valence electrons. The first-order valence-electron chi connectivity index (χ1n) is 11.1. The second-order valence-corrected chi connectivity index (χ2v) is 8.23. The van der Waals surface area contributed by atoms with Gasteiger partial charge in [0.2, 0.25) is 5.96 Å². The number of carbonyl (C=O) groups excluding carboxylic acids is 1. The number of aryl methyl sites for hydroxylation is 1. The van der Waals surface area contributed by atoms with E-state index in [0.29, 0.717) is 22.9 Å². The number of nitrogens with zero attached hydrogens (tertiary/aromatic N) is 1. The zero-order chi connectivity index (χ0) is 23.5. The van der Waals surface area contributed by atoms with Crippen LogP contribution in [0.4, 0.5) is 22.7 Å². The monoisotopic (exact) mass is 447 g/mol. The summed E-state index contributed by atoms with van der Waals surface area (Å²) in [6.07, 6.45) is 0. The maximum atomic E-state index is 12.7. The number of guanidine groups is 1. The molecule has 0 radical (unpaired) electrons. The Kier molecular flexibility index (Phi) is 5.70. The maximum Gasteiger partial charge on any atom is 0.255 e. The van der Waals surface area contributed by atoms with Gasteiger partial charge in [0.1, 0.15) is 6.04 Å². The predicted molar refractivity (Wildman–Crippen MR) is 139 cm³/mol. The number of carbonyl (C=O) groups is 1. The van der Waals surface area contributed by atoms with Crippen molar-refractivity contribution >= 4 is 34.6 Å². The van der Waals surface area contributed by atoms with Crippen LogP contribution in [0.2, 0.25) is 0 Å². The minimum atomic E-state index is -0.188. The van der Waals surface area contributed by atoms with Crippen LogP contribution >= 0.6 is 0 Å². The minimum absolute atomic E-state index is 0.104. The number of hydrogen-bond acceptors (Lipinski definition) is 5. The van der Waals surface area contributed by atoms with Crippen LogP contribution in [0.5, 0.6) is 0 Å². The third-order valence-electron chi connectivity index (χ3n) is 5.80. The summed E-state index contributed by atoms with van der Waals surface area (Å²) in [6, 6.07) is 31.1. The number of nitrogen functional groups attached to an aromatic ring is 1. The normalized spacial score (nSPS) is 14.4. The number of amides is 1. The lowest BCUT2D eigenvalue weighted by Gasteiger charge is -2.26. The Hall–Kier alpha value is -4.58. The SMILES string of the molecule is Cc1ccc(N)cc1NC(=O)c1ccc(NC2=NC(c3ccccc3)c3ccccc3N2)cc1. The zero-order valence-corrected chi connectivity index (χ0v) is 18.7. The first kappa shape index (κ1) is 21.3. The number of rotatable bonds is 4. The van der Waals surface area contributed by atoms with Gasteiger partial charge in [-0.05, 0) is 60.5 Å². The predicted octanol–water partition coefficient (Wildman–Crippen LogP) is 5.81. The van der Waals surface area contributed by atoms with Crippen molar-refractivity contribution in [3.63, 3.8) is 0 Å². The number of hydrogen-bond donors (Lipinski definition) is 4. The molecule has 6 heteroatoms. The third kappa shape index (κ3) is 4.47. The molecule has 0 spiro atoms. The highest BCUT2D eigenvalue weighted by Crippen LogP contribution is 2.34. The lowest BCUT2D eigenvalue weighted by Crippen LogP contribution is -2.27. The van der Waals surface area contributed by atoms with Gasteiger partial charge >= 0.3 is 0 Å². The van der Waals surface area contributed by atoms with E-state index in [0.717, 1.165) is 28.1 Å². The Morgan fingerprint density at radius 2 is 1.65 bits per heavy atom. The summed E-state index contributed by atoms with van der Waals surface area (Å²) in [5, 5.41) is 9.65. The highest BCUT2D eigenvalue weighted by Gasteiger charge is 2.22. The number of benzene rings is 4. The molecule has 0 saturated carbocycles. The van der Waals surface area contributed by atoms with Crippen LogP contribution in [0.3, 0.4) is 0 Å². The standard InChI is InChI=1S/C28H25N5O/c1-18-11-14-21(29)17-25(18)31-27(34)20-12-15-22(16-13-20)30-28-32-24-10-6-5-9-23(24)26(33-28)19-7-3-2-4-8-19/h2-17,26H,29H2,1H3,(H,31,34)(H2,30,32,33). The number of nitrogens with one attached hydrogen (secondary N) is 3. The van der Waals surface area contributed by atoms with Gasteiger partial charge in [0, 0.05) is 33.9 Å². The quantitative estimate of drug-likeness (QED) is 0.297. The molecule has 5 rings (SSSR count). The van der Waals surface area contributed by atoms with E-state index >= 15 is 0 Å². The van der Waals surface area contributed by atoms with Crippen LogP contribution in [-0.4, -0.2) is 11.9 Å². The molecule has 5 N–H and O–H groups in total. The second-order valence-electron chi connectivity index (χ2n) is 8.23. The third-order valence-corrected chi connectivity index (χ3v) is 5.80. The van der Waals surface area contributed by atoms with E-state index in [2.05, 4.69) is 34.1 Å². The molecule has 1 heterocycles. The molecule has 1 amide bonds. The van der Waals surface area contributed by atoms with Gasteiger partial charge in [0.15, 0.2) is 0 Å². The zero-order valence-electron chi connectivity index (χ0n) is 18.7. The van der Waals surface area contributed by atoms with Crippen molar-refractivity contribution in [1.82, 2.24) is 0 Å². The smallest absolute Gasteiger partial charge is 0.255 e. The maximum absolute atomic E-state index is 12.7. The largest absolute Gasteiger partial charge is 0.399 e. The van der Waals surface area contributed by atoms with Gasteiger partial charge in [0.25, 0.3) is 5.91 Å². The van der Waals surface area contributed by atoms with Crippen molar-refractivity contribution in [2.24, 2.45) is 4.99 Å². The van der Waals surface area contributed by atoms with E-state index in [1.54, 1.807) is 18.2 Å². The van der Waals surface area contributed by atoms with Crippen LogP contribution in [0, 0.1) is 6.92 Å². The first-order valence-corrected chi connectivity index (χ1v) is 11.1. The van der Waals surface area contributed by atoms with Gasteiger partial charge in [-0.2, -0.15) is 0 Å². The molecule has 4 aromatic rings. The summed E-state index contributed by atoms with van der Waals surface area (Å²) in [6.45, 7) is 1.93. The molecule has 0 bridgehead atoms. The Labute approximate surface area is 198 Å². The van der Waals surface area contributed by atoms with Gasteiger partial charge in [0.05, 0.1) is 0 Å². The summed E-state index contributed by atoms with van der Waals surface area (Å²) in [5.41, 5.74) is 12.8. The lowest BCUT2D eigenvalue weighted by atomic mass is 9.96. The second kappa shape index (κ2) is 9.11. The van der Waals surface area contributed by atoms with Crippen molar-refractivity contribution in [2.45, 2.75) is 13.0 Å². The molecule has 1 aliphatic heterocycles. The van der Waals surface area contributed by atoms with Gasteiger partial charge in [-0.3, -0.25) is 4.79 Å². The van der Waals surface area contributed by atoms with E-state index in [4.69, 9.17) is 10.7 Å². The fraction of sp³-hybridized carbons (Fsp3) is 0.0714. The van der Waals surface area contributed by atoms with Gasteiger partial charge in [-0.1, -0.05) is 54.6 Å². The van der Waals surface area contributed by atoms with Crippen molar-refractivity contribution in [3.05, 3.63) is 119 Å². The van der Waals surface area contributed by atoms with Crippen molar-refractivity contribution in [2.75, 3.05) is 21.7 Å². The lowest BCUT2D eigenvalue weighted by molar-refractivity contribution is 0.102. The molecular weight excluding hydrogens is 422 g/mol. The Bertz CT molecular complexity index is 1360. The fourth-order valence-electron chi connectivity index (χ4n) is 3.97. The van der Waals surface area contributed by atoms with E-state index < -0.39 is 0 Å². The van der Waals surface area contributed by atoms with Crippen LogP contribution < -0.4 is 21.7 Å². The Balaban J connectivity index is 1.34. The summed E-state index contributed by atoms with van der Waals surface area (Å²) in [7, 11) is 0. The molecule has 1 unspecified atom stereocenters. The van der Waals surface area contributed by atoms with Crippen molar-refractivity contribution in [3.8, 4) is 0 Å². The van der Waals surface area contributed by atoms with E-state index in [1.165, 1.54) is 0 Å². The highest BCUT2D eigenvalue weighted by molar-refractivity contribution is 6.07. The molecule has 0 saturated heterocycles. The Morgan fingerprint density at radius 1 is 0.912 bits per heavy atom. The topological polar surface area (TPSA) is 91.5 Å². The number of fused-ring (bicyclic) bond motifs is 1. The van der Waals surface area contributed by atoms with E-state index in [-0.39, 0.29) is 11.9 Å².